The molecule has 2 rings (SSSR count). The SMILES string of the molecule is N#Cc1ccc(C(F)(F)F)nc1Nc1cc(Br)ccc1F. The van der Waals surface area contributed by atoms with Crippen molar-refractivity contribution < 1.29 is 17.6 Å². The van der Waals surface area contributed by atoms with Crippen LogP contribution in [-0.2, 0) is 6.18 Å². The molecule has 0 saturated carbocycles. The van der Waals surface area contributed by atoms with Gasteiger partial charge in [-0.05, 0) is 30.3 Å². The molecule has 0 fully saturated rings. The lowest BCUT2D eigenvalue weighted by atomic mass is 10.2. The predicted molar refractivity (Wildman–Crippen MR) is 71.3 cm³/mol. The molecule has 1 aromatic heterocycles. The Hall–Kier alpha value is -2.14. The summed E-state index contributed by atoms with van der Waals surface area (Å²) in [5.74, 6) is -1.04. The highest BCUT2D eigenvalue weighted by Crippen LogP contribution is 2.31. The summed E-state index contributed by atoms with van der Waals surface area (Å²) in [6.45, 7) is 0. The first-order chi connectivity index (χ1) is 9.81. The Morgan fingerprint density at radius 2 is 1.90 bits per heavy atom. The van der Waals surface area contributed by atoms with Gasteiger partial charge in [0.05, 0.1) is 11.3 Å². The maximum absolute atomic E-state index is 13.6. The van der Waals surface area contributed by atoms with Crippen LogP contribution in [0.1, 0.15) is 11.3 Å². The van der Waals surface area contributed by atoms with Crippen LogP contribution in [0.25, 0.3) is 0 Å². The van der Waals surface area contributed by atoms with E-state index in [-0.39, 0.29) is 17.1 Å². The molecular formula is C13H6BrF4N3. The lowest BCUT2D eigenvalue weighted by molar-refractivity contribution is -0.141. The van der Waals surface area contributed by atoms with Crippen molar-refractivity contribution in [3.05, 3.63) is 51.9 Å². The normalized spacial score (nSPS) is 11.0. The van der Waals surface area contributed by atoms with Gasteiger partial charge in [-0.1, -0.05) is 15.9 Å². The second kappa shape index (κ2) is 5.69. The summed E-state index contributed by atoms with van der Waals surface area (Å²) in [7, 11) is 0. The first-order valence-corrected chi connectivity index (χ1v) is 6.31. The summed E-state index contributed by atoms with van der Waals surface area (Å²) in [6.07, 6.45) is -4.65. The predicted octanol–water partition coefficient (Wildman–Crippen LogP) is 4.62. The van der Waals surface area contributed by atoms with Crippen molar-refractivity contribution in [2.75, 3.05) is 5.32 Å². The first kappa shape index (κ1) is 15.3. The average Bonchev–Trinajstić information content (AvgIpc) is 2.42. The molecule has 1 aromatic carbocycles. The number of alkyl halides is 3. The third-order valence-electron chi connectivity index (χ3n) is 2.49. The van der Waals surface area contributed by atoms with Crippen molar-refractivity contribution in [2.45, 2.75) is 6.18 Å². The molecule has 1 heterocycles. The van der Waals surface area contributed by atoms with E-state index in [1.807, 2.05) is 0 Å². The standard InChI is InChI=1S/C13H6BrF4N3/c14-8-2-3-9(15)10(5-8)20-12-7(6-19)1-4-11(21-12)13(16,17)18/h1-5H,(H,20,21). The molecule has 1 N–H and O–H groups in total. The molecule has 3 nitrogen and oxygen atoms in total. The lowest BCUT2D eigenvalue weighted by Gasteiger charge is -2.12. The van der Waals surface area contributed by atoms with E-state index < -0.39 is 17.7 Å². The van der Waals surface area contributed by atoms with Gasteiger partial charge in [0.25, 0.3) is 0 Å². The molecule has 8 heteroatoms. The number of nitriles is 1. The van der Waals surface area contributed by atoms with Gasteiger partial charge in [-0.3, -0.25) is 0 Å². The Morgan fingerprint density at radius 1 is 1.19 bits per heavy atom. The monoisotopic (exact) mass is 359 g/mol. The Balaban J connectivity index is 2.47. The Labute approximate surface area is 125 Å². The van der Waals surface area contributed by atoms with Crippen LogP contribution in [0.5, 0.6) is 0 Å². The van der Waals surface area contributed by atoms with Crippen LogP contribution in [0.4, 0.5) is 29.1 Å². The second-order valence-electron chi connectivity index (χ2n) is 3.95. The quantitative estimate of drug-likeness (QED) is 0.796. The Kier molecular flexibility index (Phi) is 4.14. The second-order valence-corrected chi connectivity index (χ2v) is 4.87. The molecule has 0 spiro atoms. The molecule has 0 aliphatic heterocycles. The number of hydrogen-bond acceptors (Lipinski definition) is 3. The number of aromatic nitrogens is 1. The number of anilines is 2. The number of rotatable bonds is 2. The molecule has 0 bridgehead atoms. The molecule has 21 heavy (non-hydrogen) atoms. The van der Waals surface area contributed by atoms with Crippen LogP contribution in [0, 0.1) is 17.1 Å². The minimum Gasteiger partial charge on any atom is -0.337 e. The van der Waals surface area contributed by atoms with Crippen molar-refractivity contribution in [1.82, 2.24) is 4.98 Å². The number of hydrogen-bond donors (Lipinski definition) is 1. The van der Waals surface area contributed by atoms with E-state index in [0.717, 1.165) is 12.1 Å². The van der Waals surface area contributed by atoms with Crippen molar-refractivity contribution >= 4 is 27.4 Å². The summed E-state index contributed by atoms with van der Waals surface area (Å²) < 4.78 is 52.0. The van der Waals surface area contributed by atoms with Crippen LogP contribution in [0.15, 0.2) is 34.8 Å². The molecule has 0 radical (unpaired) electrons. The van der Waals surface area contributed by atoms with Crippen molar-refractivity contribution in [3.63, 3.8) is 0 Å². The van der Waals surface area contributed by atoms with Crippen molar-refractivity contribution in [1.29, 1.82) is 5.26 Å². The first-order valence-electron chi connectivity index (χ1n) is 5.51. The lowest BCUT2D eigenvalue weighted by Crippen LogP contribution is -2.10. The van der Waals surface area contributed by atoms with Crippen molar-refractivity contribution in [3.8, 4) is 6.07 Å². The zero-order valence-corrected chi connectivity index (χ0v) is 11.8. The molecule has 0 atom stereocenters. The van der Waals surface area contributed by atoms with E-state index in [1.165, 1.54) is 12.1 Å². The average molecular weight is 360 g/mol. The van der Waals surface area contributed by atoms with Gasteiger partial charge in [-0.2, -0.15) is 18.4 Å². The summed E-state index contributed by atoms with van der Waals surface area (Å²) in [4.78, 5) is 3.34. The van der Waals surface area contributed by atoms with Crippen LogP contribution >= 0.6 is 15.9 Å². The zero-order valence-electron chi connectivity index (χ0n) is 10.2. The molecular weight excluding hydrogens is 354 g/mol. The van der Waals surface area contributed by atoms with E-state index in [0.29, 0.717) is 10.5 Å². The maximum atomic E-state index is 13.6. The van der Waals surface area contributed by atoms with Gasteiger partial charge < -0.3 is 5.32 Å². The van der Waals surface area contributed by atoms with Crippen LogP contribution < -0.4 is 5.32 Å². The van der Waals surface area contributed by atoms with Gasteiger partial charge >= 0.3 is 6.18 Å². The van der Waals surface area contributed by atoms with Crippen molar-refractivity contribution in [2.24, 2.45) is 0 Å². The highest BCUT2D eigenvalue weighted by atomic mass is 79.9. The highest BCUT2D eigenvalue weighted by Gasteiger charge is 2.33. The fourth-order valence-electron chi connectivity index (χ4n) is 1.52. The third-order valence-corrected chi connectivity index (χ3v) is 2.98. The molecule has 0 saturated heterocycles. The van der Waals surface area contributed by atoms with Gasteiger partial charge in [0, 0.05) is 4.47 Å². The molecule has 2 aromatic rings. The smallest absolute Gasteiger partial charge is 0.337 e. The summed E-state index contributed by atoms with van der Waals surface area (Å²) in [6, 6.07) is 7.28. The number of nitrogens with one attached hydrogen (secondary N) is 1. The van der Waals surface area contributed by atoms with Gasteiger partial charge in [0.2, 0.25) is 0 Å². The summed E-state index contributed by atoms with van der Waals surface area (Å²) in [5.41, 5.74) is -1.38. The Morgan fingerprint density at radius 3 is 2.52 bits per heavy atom. The summed E-state index contributed by atoms with van der Waals surface area (Å²) >= 11 is 3.12. The van der Waals surface area contributed by atoms with E-state index in [2.05, 4.69) is 26.2 Å². The molecule has 0 aliphatic carbocycles. The van der Waals surface area contributed by atoms with Gasteiger partial charge in [-0.25, -0.2) is 9.37 Å². The van der Waals surface area contributed by atoms with Gasteiger partial charge in [0.1, 0.15) is 23.4 Å². The molecule has 108 valence electrons. The minimum absolute atomic E-state index is 0.0901. The third kappa shape index (κ3) is 3.49. The van der Waals surface area contributed by atoms with E-state index in [9.17, 15) is 17.6 Å². The van der Waals surface area contributed by atoms with E-state index in [4.69, 9.17) is 5.26 Å². The maximum Gasteiger partial charge on any atom is 0.433 e. The van der Waals surface area contributed by atoms with E-state index >= 15 is 0 Å². The summed E-state index contributed by atoms with van der Waals surface area (Å²) in [5, 5.41) is 11.3. The number of halogens is 5. The molecule has 0 aliphatic rings. The number of pyridine rings is 1. The molecule has 0 amide bonds. The highest BCUT2D eigenvalue weighted by molar-refractivity contribution is 9.10. The van der Waals surface area contributed by atoms with Gasteiger partial charge in [-0.15, -0.1) is 0 Å². The minimum atomic E-state index is -4.65. The zero-order chi connectivity index (χ0) is 15.6. The van der Waals surface area contributed by atoms with E-state index in [1.54, 1.807) is 6.07 Å². The number of nitrogens with zero attached hydrogens (tertiary/aromatic N) is 2. The van der Waals surface area contributed by atoms with Gasteiger partial charge in [0.15, 0.2) is 0 Å². The topological polar surface area (TPSA) is 48.7 Å². The fraction of sp³-hybridized carbons (Fsp3) is 0.0769. The largest absolute Gasteiger partial charge is 0.433 e. The Bertz CT molecular complexity index is 722. The fourth-order valence-corrected chi connectivity index (χ4v) is 1.88. The molecule has 0 unspecified atom stereocenters. The number of benzene rings is 1. The van der Waals surface area contributed by atoms with Crippen LogP contribution in [-0.4, -0.2) is 4.98 Å². The van der Waals surface area contributed by atoms with Crippen LogP contribution in [0.2, 0.25) is 0 Å². The van der Waals surface area contributed by atoms with Crippen LogP contribution in [0.3, 0.4) is 0 Å².